The van der Waals surface area contributed by atoms with Crippen LogP contribution in [0.25, 0.3) is 20.8 Å². The van der Waals surface area contributed by atoms with Crippen molar-refractivity contribution < 1.29 is 19.1 Å². The van der Waals surface area contributed by atoms with Crippen LogP contribution in [-0.2, 0) is 9.47 Å². The van der Waals surface area contributed by atoms with Crippen molar-refractivity contribution in [3.63, 3.8) is 0 Å². The van der Waals surface area contributed by atoms with E-state index in [0.717, 1.165) is 23.1 Å². The molecule has 2 aliphatic heterocycles. The van der Waals surface area contributed by atoms with E-state index in [9.17, 15) is 14.4 Å². The fourth-order valence-corrected chi connectivity index (χ4v) is 6.22. The first-order chi connectivity index (χ1) is 19.1. The molecule has 2 amide bonds. The molecule has 2 saturated heterocycles. The van der Waals surface area contributed by atoms with E-state index >= 15 is 0 Å². The van der Waals surface area contributed by atoms with Crippen molar-refractivity contribution in [2.24, 2.45) is 0 Å². The lowest BCUT2D eigenvalue weighted by Crippen LogP contribution is -2.47. The molecule has 0 saturated carbocycles. The number of ether oxygens (including phenoxy) is 2. The van der Waals surface area contributed by atoms with Crippen LogP contribution in [0.15, 0.2) is 29.1 Å². The van der Waals surface area contributed by atoms with Crippen LogP contribution in [0.3, 0.4) is 0 Å². The number of fused-ring (bicyclic) bond motifs is 1. The molecular formula is C28H36N6O5S. The van der Waals surface area contributed by atoms with Crippen LogP contribution in [0.2, 0.25) is 0 Å². The first kappa shape index (κ1) is 27.9. The average molecular weight is 569 g/mol. The summed E-state index contributed by atoms with van der Waals surface area (Å²) in [6.45, 7) is 7.67. The van der Waals surface area contributed by atoms with Gasteiger partial charge in [-0.25, -0.2) is 19.6 Å². The van der Waals surface area contributed by atoms with Gasteiger partial charge in [-0.05, 0) is 58.6 Å². The van der Waals surface area contributed by atoms with E-state index in [1.54, 1.807) is 9.80 Å². The molecule has 40 heavy (non-hydrogen) atoms. The number of aromatic amines is 1. The quantitative estimate of drug-likeness (QED) is 0.459. The Kier molecular flexibility index (Phi) is 7.97. The zero-order chi connectivity index (χ0) is 28.4. The highest BCUT2D eigenvalue weighted by Gasteiger charge is 2.31. The minimum Gasteiger partial charge on any atom is -0.453 e. The highest BCUT2D eigenvalue weighted by molar-refractivity contribution is 7.21. The lowest BCUT2D eigenvalue weighted by atomic mass is 9.96. The predicted octanol–water partition coefficient (Wildman–Crippen LogP) is 4.80. The molecule has 12 heteroatoms. The van der Waals surface area contributed by atoms with Crippen LogP contribution < -0.4 is 10.9 Å². The van der Waals surface area contributed by atoms with E-state index in [0.29, 0.717) is 61.2 Å². The number of anilines is 1. The third kappa shape index (κ3) is 6.22. The second kappa shape index (κ2) is 11.4. The smallest absolute Gasteiger partial charge is 0.410 e. The molecular weight excluding hydrogens is 532 g/mol. The van der Waals surface area contributed by atoms with Crippen molar-refractivity contribution in [1.82, 2.24) is 24.8 Å². The van der Waals surface area contributed by atoms with Gasteiger partial charge in [0.25, 0.3) is 5.56 Å². The van der Waals surface area contributed by atoms with Gasteiger partial charge in [-0.15, -0.1) is 11.3 Å². The number of rotatable bonds is 4. The Morgan fingerprint density at radius 3 is 2.50 bits per heavy atom. The number of hydrogen-bond donors (Lipinski definition) is 2. The van der Waals surface area contributed by atoms with Crippen molar-refractivity contribution in [2.75, 3.05) is 38.6 Å². The van der Waals surface area contributed by atoms with Gasteiger partial charge in [0.15, 0.2) is 0 Å². The molecule has 2 N–H and O–H groups in total. The number of benzene rings is 1. The standard InChI is InChI=1S/C28H36N6O5S/c1-28(2,3)39-27(37)34-13-7-8-18(16-34)29-23-21(25-30-19-9-5-6-10-20(19)40-25)24(35)32-22(31-23)17-11-14-33(15-12-17)26(36)38-4/h5-6,9-10,17-18H,7-8,11-16H2,1-4H3,(H2,29,31,32,35)/t18-/m1/s1. The van der Waals surface area contributed by atoms with E-state index < -0.39 is 5.60 Å². The third-order valence-electron chi connectivity index (χ3n) is 7.17. The second-order valence-corrected chi connectivity index (χ2v) is 12.3. The van der Waals surface area contributed by atoms with Crippen LogP contribution in [0.4, 0.5) is 15.4 Å². The van der Waals surface area contributed by atoms with Gasteiger partial charge in [-0.3, -0.25) is 4.79 Å². The minimum atomic E-state index is -0.579. The molecule has 2 aromatic heterocycles. The van der Waals surface area contributed by atoms with Gasteiger partial charge in [0.1, 0.15) is 27.8 Å². The van der Waals surface area contributed by atoms with Gasteiger partial charge in [-0.2, -0.15) is 0 Å². The number of para-hydroxylation sites is 1. The molecule has 11 nitrogen and oxygen atoms in total. The lowest BCUT2D eigenvalue weighted by molar-refractivity contribution is 0.0206. The molecule has 4 heterocycles. The first-order valence-electron chi connectivity index (χ1n) is 13.7. The summed E-state index contributed by atoms with van der Waals surface area (Å²) < 4.78 is 11.4. The van der Waals surface area contributed by atoms with E-state index in [1.807, 2.05) is 45.0 Å². The summed E-state index contributed by atoms with van der Waals surface area (Å²) in [5.74, 6) is 1.04. The average Bonchev–Trinajstić information content (AvgIpc) is 3.35. The SMILES string of the molecule is COC(=O)N1CCC(c2nc(N[C@@H]3CCCN(C(=O)OC(C)(C)C)C3)c(-c3nc4ccccc4s3)c(=O)[nH]2)CC1. The summed E-state index contributed by atoms with van der Waals surface area (Å²) in [5, 5.41) is 4.09. The Bertz CT molecular complexity index is 1410. The number of nitrogens with one attached hydrogen (secondary N) is 2. The van der Waals surface area contributed by atoms with Gasteiger partial charge < -0.3 is 29.6 Å². The fraction of sp³-hybridized carbons (Fsp3) is 0.536. The van der Waals surface area contributed by atoms with Crippen LogP contribution in [-0.4, -0.2) is 81.9 Å². The number of carbonyl (C=O) groups is 2. The summed E-state index contributed by atoms with van der Waals surface area (Å²) in [7, 11) is 1.38. The maximum atomic E-state index is 13.6. The predicted molar refractivity (Wildman–Crippen MR) is 154 cm³/mol. The number of aromatic nitrogens is 3. The molecule has 0 bridgehead atoms. The molecule has 0 unspecified atom stereocenters. The Morgan fingerprint density at radius 2 is 1.80 bits per heavy atom. The number of methoxy groups -OCH3 is 1. The van der Waals surface area contributed by atoms with Crippen LogP contribution in [0.5, 0.6) is 0 Å². The van der Waals surface area contributed by atoms with Crippen molar-refractivity contribution in [3.05, 3.63) is 40.4 Å². The van der Waals surface area contributed by atoms with E-state index in [1.165, 1.54) is 18.4 Å². The molecule has 0 radical (unpaired) electrons. The highest BCUT2D eigenvalue weighted by atomic mass is 32.1. The monoisotopic (exact) mass is 568 g/mol. The maximum absolute atomic E-state index is 13.6. The molecule has 214 valence electrons. The minimum absolute atomic E-state index is 0.0109. The number of hydrogen-bond acceptors (Lipinski definition) is 9. The molecule has 5 rings (SSSR count). The summed E-state index contributed by atoms with van der Waals surface area (Å²) in [4.78, 5) is 54.4. The number of amides is 2. The van der Waals surface area contributed by atoms with Gasteiger partial charge in [-0.1, -0.05) is 12.1 Å². The topological polar surface area (TPSA) is 130 Å². The van der Waals surface area contributed by atoms with Gasteiger partial charge in [0.05, 0.1) is 17.3 Å². The number of likely N-dealkylation sites (tertiary alicyclic amines) is 2. The van der Waals surface area contributed by atoms with E-state index in [2.05, 4.69) is 10.3 Å². The zero-order valence-electron chi connectivity index (χ0n) is 23.4. The lowest BCUT2D eigenvalue weighted by Gasteiger charge is -2.35. The van der Waals surface area contributed by atoms with Crippen molar-refractivity contribution in [2.45, 2.75) is 64.0 Å². The van der Waals surface area contributed by atoms with E-state index in [-0.39, 0.29) is 29.7 Å². The summed E-state index contributed by atoms with van der Waals surface area (Å²) in [6, 6.07) is 7.66. The zero-order valence-corrected chi connectivity index (χ0v) is 24.2. The summed E-state index contributed by atoms with van der Waals surface area (Å²) >= 11 is 1.45. The number of nitrogens with zero attached hydrogens (tertiary/aromatic N) is 4. The van der Waals surface area contributed by atoms with Crippen molar-refractivity contribution in [1.29, 1.82) is 0 Å². The fourth-order valence-electron chi connectivity index (χ4n) is 5.21. The molecule has 2 fully saturated rings. The molecule has 0 aliphatic carbocycles. The largest absolute Gasteiger partial charge is 0.453 e. The Hall–Kier alpha value is -3.67. The number of H-pyrrole nitrogens is 1. The van der Waals surface area contributed by atoms with E-state index in [4.69, 9.17) is 19.4 Å². The molecule has 2 aliphatic rings. The maximum Gasteiger partial charge on any atom is 0.410 e. The molecule has 3 aromatic rings. The van der Waals surface area contributed by atoms with Crippen molar-refractivity contribution in [3.8, 4) is 10.6 Å². The van der Waals surface area contributed by atoms with Gasteiger partial charge in [0, 0.05) is 38.1 Å². The number of thiazole rings is 1. The Balaban J connectivity index is 1.45. The normalized spacial score (nSPS) is 18.6. The highest BCUT2D eigenvalue weighted by Crippen LogP contribution is 2.34. The van der Waals surface area contributed by atoms with Gasteiger partial charge in [0.2, 0.25) is 0 Å². The van der Waals surface area contributed by atoms with Crippen molar-refractivity contribution >= 4 is 39.6 Å². The summed E-state index contributed by atoms with van der Waals surface area (Å²) in [5.41, 5.74) is 0.373. The molecule has 0 spiro atoms. The van der Waals surface area contributed by atoms with Crippen LogP contribution in [0.1, 0.15) is 58.2 Å². The molecule has 1 atom stereocenters. The Labute approximate surface area is 236 Å². The molecule has 1 aromatic carbocycles. The first-order valence-corrected chi connectivity index (χ1v) is 14.5. The number of carbonyl (C=O) groups excluding carboxylic acids is 2. The third-order valence-corrected chi connectivity index (χ3v) is 8.23. The number of piperidine rings is 2. The van der Waals surface area contributed by atoms with Gasteiger partial charge >= 0.3 is 12.2 Å². The van der Waals surface area contributed by atoms with Crippen LogP contribution >= 0.6 is 11.3 Å². The second-order valence-electron chi connectivity index (χ2n) is 11.3. The Morgan fingerprint density at radius 1 is 1.05 bits per heavy atom. The summed E-state index contributed by atoms with van der Waals surface area (Å²) in [6.07, 6.45) is 2.25. The van der Waals surface area contributed by atoms with Crippen LogP contribution in [0, 0.1) is 0 Å².